The fourth-order valence-electron chi connectivity index (χ4n) is 2.88. The summed E-state index contributed by atoms with van der Waals surface area (Å²) in [6.45, 7) is 7.06. The summed E-state index contributed by atoms with van der Waals surface area (Å²) in [6, 6.07) is 5.83. The summed E-state index contributed by atoms with van der Waals surface area (Å²) < 4.78 is 11.3. The first kappa shape index (κ1) is 16.1. The summed E-state index contributed by atoms with van der Waals surface area (Å²) in [5, 5.41) is 11.0. The van der Waals surface area contributed by atoms with Crippen molar-refractivity contribution in [2.24, 2.45) is 0 Å². The number of likely N-dealkylation sites (tertiary alicyclic amines) is 1. The Bertz CT molecular complexity index is 463. The van der Waals surface area contributed by atoms with E-state index in [0.29, 0.717) is 13.2 Å². The minimum Gasteiger partial charge on any atom is -0.490 e. The largest absolute Gasteiger partial charge is 0.490 e. The molecule has 1 saturated heterocycles. The zero-order chi connectivity index (χ0) is 15.3. The quantitative estimate of drug-likeness (QED) is 0.906. The minimum absolute atomic E-state index is 0.588. The van der Waals surface area contributed by atoms with Gasteiger partial charge in [0.05, 0.1) is 18.8 Å². The maximum absolute atomic E-state index is 11.0. The Labute approximate surface area is 127 Å². The van der Waals surface area contributed by atoms with Gasteiger partial charge in [0.2, 0.25) is 0 Å². The maximum atomic E-state index is 11.0. The molecule has 1 N–H and O–H groups in total. The summed E-state index contributed by atoms with van der Waals surface area (Å²) in [6.07, 6.45) is 2.55. The highest BCUT2D eigenvalue weighted by Gasteiger charge is 2.32. The number of hydrogen-bond donors (Lipinski definition) is 1. The second-order valence-corrected chi connectivity index (χ2v) is 5.72. The lowest BCUT2D eigenvalue weighted by molar-refractivity contribution is 0.0215. The molecule has 0 spiro atoms. The summed E-state index contributed by atoms with van der Waals surface area (Å²) in [5.41, 5.74) is 0.172. The molecule has 21 heavy (non-hydrogen) atoms. The standard InChI is InChI=1S/C17H27NO3/c1-4-20-15-8-7-14(13-16(15)21-5-2)17(19)9-6-11-18(3)12-10-17/h7-8,13,19H,4-6,9-12H2,1-3H3. The van der Waals surface area contributed by atoms with E-state index < -0.39 is 5.60 Å². The third kappa shape index (κ3) is 3.89. The van der Waals surface area contributed by atoms with Crippen LogP contribution in [0.4, 0.5) is 0 Å². The van der Waals surface area contributed by atoms with Gasteiger partial charge < -0.3 is 19.5 Å². The Balaban J connectivity index is 2.27. The molecule has 0 amide bonds. The van der Waals surface area contributed by atoms with Gasteiger partial charge in [-0.25, -0.2) is 0 Å². The Hall–Kier alpha value is -1.26. The first-order valence-corrected chi connectivity index (χ1v) is 7.90. The molecule has 0 aromatic heterocycles. The van der Waals surface area contributed by atoms with Crippen molar-refractivity contribution < 1.29 is 14.6 Å². The van der Waals surface area contributed by atoms with Crippen LogP contribution in [0.5, 0.6) is 11.5 Å². The second kappa shape index (κ2) is 7.14. The number of benzene rings is 1. The van der Waals surface area contributed by atoms with Gasteiger partial charge in [0.15, 0.2) is 11.5 Å². The predicted molar refractivity (Wildman–Crippen MR) is 84.0 cm³/mol. The van der Waals surface area contributed by atoms with Crippen molar-refractivity contribution in [1.82, 2.24) is 4.90 Å². The van der Waals surface area contributed by atoms with Gasteiger partial charge >= 0.3 is 0 Å². The maximum Gasteiger partial charge on any atom is 0.161 e. The predicted octanol–water partition coefficient (Wildman–Crippen LogP) is 2.79. The van der Waals surface area contributed by atoms with Gasteiger partial charge in [-0.3, -0.25) is 0 Å². The Kier molecular flexibility index (Phi) is 5.48. The molecule has 1 aliphatic rings. The van der Waals surface area contributed by atoms with Crippen molar-refractivity contribution in [2.45, 2.75) is 38.7 Å². The van der Waals surface area contributed by atoms with E-state index in [1.165, 1.54) is 0 Å². The van der Waals surface area contributed by atoms with E-state index in [0.717, 1.165) is 49.4 Å². The lowest BCUT2D eigenvalue weighted by atomic mass is 9.86. The van der Waals surface area contributed by atoms with Gasteiger partial charge in [-0.1, -0.05) is 6.07 Å². The van der Waals surface area contributed by atoms with E-state index in [1.807, 2.05) is 32.0 Å². The van der Waals surface area contributed by atoms with Crippen molar-refractivity contribution >= 4 is 0 Å². The van der Waals surface area contributed by atoms with Crippen LogP contribution in [-0.4, -0.2) is 43.4 Å². The molecule has 0 radical (unpaired) electrons. The van der Waals surface area contributed by atoms with Crippen LogP contribution in [0.2, 0.25) is 0 Å². The molecule has 1 aromatic carbocycles. The molecule has 1 unspecified atom stereocenters. The summed E-state index contributed by atoms with van der Waals surface area (Å²) >= 11 is 0. The molecule has 0 saturated carbocycles. The Morgan fingerprint density at radius 1 is 1.10 bits per heavy atom. The van der Waals surface area contributed by atoms with Crippen LogP contribution in [0.3, 0.4) is 0 Å². The van der Waals surface area contributed by atoms with E-state index in [9.17, 15) is 5.11 Å². The number of aliphatic hydroxyl groups is 1. The van der Waals surface area contributed by atoms with E-state index in [-0.39, 0.29) is 0 Å². The number of ether oxygens (including phenoxy) is 2. The highest BCUT2D eigenvalue weighted by Crippen LogP contribution is 2.37. The fourth-order valence-corrected chi connectivity index (χ4v) is 2.88. The number of hydrogen-bond acceptors (Lipinski definition) is 4. The molecule has 1 heterocycles. The summed E-state index contributed by atoms with van der Waals surface area (Å²) in [7, 11) is 2.11. The van der Waals surface area contributed by atoms with Crippen LogP contribution in [0.1, 0.15) is 38.7 Å². The molecular formula is C17H27NO3. The first-order chi connectivity index (χ1) is 10.1. The van der Waals surface area contributed by atoms with E-state index in [4.69, 9.17) is 9.47 Å². The van der Waals surface area contributed by atoms with Crippen molar-refractivity contribution in [3.63, 3.8) is 0 Å². The normalized spacial score (nSPS) is 23.6. The number of rotatable bonds is 5. The molecule has 4 nitrogen and oxygen atoms in total. The summed E-state index contributed by atoms with van der Waals surface area (Å²) in [5.74, 6) is 1.47. The molecule has 1 atom stereocenters. The van der Waals surface area contributed by atoms with Gasteiger partial charge in [-0.2, -0.15) is 0 Å². The molecular weight excluding hydrogens is 266 g/mol. The zero-order valence-electron chi connectivity index (χ0n) is 13.4. The lowest BCUT2D eigenvalue weighted by Gasteiger charge is -2.28. The molecule has 1 aliphatic heterocycles. The van der Waals surface area contributed by atoms with Crippen molar-refractivity contribution in [3.8, 4) is 11.5 Å². The highest BCUT2D eigenvalue weighted by atomic mass is 16.5. The van der Waals surface area contributed by atoms with Crippen LogP contribution in [-0.2, 0) is 5.60 Å². The van der Waals surface area contributed by atoms with E-state index in [1.54, 1.807) is 0 Å². The first-order valence-electron chi connectivity index (χ1n) is 7.90. The third-order valence-corrected chi connectivity index (χ3v) is 4.12. The lowest BCUT2D eigenvalue weighted by Crippen LogP contribution is -2.27. The van der Waals surface area contributed by atoms with Crippen LogP contribution in [0, 0.1) is 0 Å². The van der Waals surface area contributed by atoms with Gasteiger partial charge in [-0.05, 0) is 64.4 Å². The van der Waals surface area contributed by atoms with Crippen molar-refractivity contribution in [1.29, 1.82) is 0 Å². The molecule has 118 valence electrons. The van der Waals surface area contributed by atoms with Crippen molar-refractivity contribution in [2.75, 3.05) is 33.4 Å². The van der Waals surface area contributed by atoms with Crippen molar-refractivity contribution in [3.05, 3.63) is 23.8 Å². The van der Waals surface area contributed by atoms with Crippen LogP contribution < -0.4 is 9.47 Å². The molecule has 4 heteroatoms. The van der Waals surface area contributed by atoms with Gasteiger partial charge in [0.25, 0.3) is 0 Å². The van der Waals surface area contributed by atoms with Gasteiger partial charge in [0, 0.05) is 6.54 Å². The van der Waals surface area contributed by atoms with Gasteiger partial charge in [0.1, 0.15) is 0 Å². The molecule has 2 rings (SSSR count). The zero-order valence-corrected chi connectivity index (χ0v) is 13.4. The smallest absolute Gasteiger partial charge is 0.161 e. The average Bonchev–Trinajstić information content (AvgIpc) is 2.64. The molecule has 0 bridgehead atoms. The third-order valence-electron chi connectivity index (χ3n) is 4.12. The SMILES string of the molecule is CCOc1ccc(C2(O)CCCN(C)CC2)cc1OCC. The Morgan fingerprint density at radius 3 is 2.52 bits per heavy atom. The fraction of sp³-hybridized carbons (Fsp3) is 0.647. The van der Waals surface area contributed by atoms with Gasteiger partial charge in [-0.15, -0.1) is 0 Å². The Morgan fingerprint density at radius 2 is 1.81 bits per heavy atom. The van der Waals surface area contributed by atoms with Crippen LogP contribution in [0.25, 0.3) is 0 Å². The summed E-state index contributed by atoms with van der Waals surface area (Å²) in [4.78, 5) is 2.27. The monoisotopic (exact) mass is 293 g/mol. The molecule has 1 fully saturated rings. The van der Waals surface area contributed by atoms with Crippen LogP contribution in [0.15, 0.2) is 18.2 Å². The second-order valence-electron chi connectivity index (χ2n) is 5.72. The van der Waals surface area contributed by atoms with E-state index in [2.05, 4.69) is 11.9 Å². The topological polar surface area (TPSA) is 41.9 Å². The molecule has 1 aromatic rings. The van der Waals surface area contributed by atoms with E-state index >= 15 is 0 Å². The van der Waals surface area contributed by atoms with Crippen LogP contribution >= 0.6 is 0 Å². The number of nitrogens with zero attached hydrogens (tertiary/aromatic N) is 1. The minimum atomic E-state index is -0.763. The molecule has 0 aliphatic carbocycles. The highest BCUT2D eigenvalue weighted by molar-refractivity contribution is 5.44. The average molecular weight is 293 g/mol.